The average Bonchev–Trinajstić information content (AvgIpc) is 2.59. The summed E-state index contributed by atoms with van der Waals surface area (Å²) in [6.45, 7) is 1.63. The molecule has 7 heteroatoms. The van der Waals surface area contributed by atoms with Crippen LogP contribution < -0.4 is 11.1 Å². The Labute approximate surface area is 124 Å². The minimum absolute atomic E-state index is 0.0103. The highest BCUT2D eigenvalue weighted by Gasteiger charge is 2.48. The van der Waals surface area contributed by atoms with Crippen molar-refractivity contribution in [2.45, 2.75) is 18.9 Å². The predicted octanol–water partition coefficient (Wildman–Crippen LogP) is 1.09. The van der Waals surface area contributed by atoms with Gasteiger partial charge in [-0.1, -0.05) is 28.1 Å². The summed E-state index contributed by atoms with van der Waals surface area (Å²) in [5, 5.41) is 2.66. The van der Waals surface area contributed by atoms with Crippen LogP contribution in [0.25, 0.3) is 0 Å². The minimum Gasteiger partial charge on any atom is -0.370 e. The Hall–Kier alpha value is -1.89. The SMILES string of the molecule is CC1(c2cccc(Br)c2)NC(=O)N(CCC(N)=O)C1=O. The summed E-state index contributed by atoms with van der Waals surface area (Å²) < 4.78 is 0.814. The summed E-state index contributed by atoms with van der Waals surface area (Å²) in [4.78, 5) is 36.1. The lowest BCUT2D eigenvalue weighted by atomic mass is 9.92. The highest BCUT2D eigenvalue weighted by atomic mass is 79.9. The second-order valence-corrected chi connectivity index (χ2v) is 5.65. The molecule has 1 atom stereocenters. The van der Waals surface area contributed by atoms with E-state index in [1.807, 2.05) is 6.07 Å². The number of hydrogen-bond donors (Lipinski definition) is 2. The number of carbonyl (C=O) groups is 3. The number of halogens is 1. The van der Waals surface area contributed by atoms with Crippen LogP contribution in [0.1, 0.15) is 18.9 Å². The van der Waals surface area contributed by atoms with Crippen LogP contribution in [0.5, 0.6) is 0 Å². The lowest BCUT2D eigenvalue weighted by molar-refractivity contribution is -0.131. The summed E-state index contributed by atoms with van der Waals surface area (Å²) in [7, 11) is 0. The van der Waals surface area contributed by atoms with Gasteiger partial charge in [0.25, 0.3) is 5.91 Å². The largest absolute Gasteiger partial charge is 0.370 e. The van der Waals surface area contributed by atoms with Gasteiger partial charge in [-0.05, 0) is 24.6 Å². The first-order chi connectivity index (χ1) is 9.34. The number of nitrogens with zero attached hydrogens (tertiary/aromatic N) is 1. The number of primary amides is 1. The molecule has 6 nitrogen and oxygen atoms in total. The Kier molecular flexibility index (Phi) is 3.80. The van der Waals surface area contributed by atoms with Crippen molar-refractivity contribution in [3.8, 4) is 0 Å². The highest BCUT2D eigenvalue weighted by Crippen LogP contribution is 2.30. The Balaban J connectivity index is 2.28. The number of urea groups is 1. The van der Waals surface area contributed by atoms with E-state index >= 15 is 0 Å². The molecule has 1 heterocycles. The van der Waals surface area contributed by atoms with Gasteiger partial charge < -0.3 is 11.1 Å². The number of carbonyl (C=O) groups excluding carboxylic acids is 3. The maximum Gasteiger partial charge on any atom is 0.325 e. The third kappa shape index (κ3) is 2.53. The lowest BCUT2D eigenvalue weighted by Crippen LogP contribution is -2.41. The molecule has 0 bridgehead atoms. The molecular formula is C13H14BrN3O3. The Morgan fingerprint density at radius 2 is 2.15 bits per heavy atom. The van der Waals surface area contributed by atoms with Crippen LogP contribution >= 0.6 is 15.9 Å². The van der Waals surface area contributed by atoms with Crippen molar-refractivity contribution in [3.63, 3.8) is 0 Å². The molecule has 1 saturated heterocycles. The van der Waals surface area contributed by atoms with Gasteiger partial charge in [0.05, 0.1) is 0 Å². The first-order valence-electron chi connectivity index (χ1n) is 6.03. The van der Waals surface area contributed by atoms with E-state index in [9.17, 15) is 14.4 Å². The molecule has 0 aromatic heterocycles. The fourth-order valence-electron chi connectivity index (χ4n) is 2.12. The molecule has 3 N–H and O–H groups in total. The molecular weight excluding hydrogens is 326 g/mol. The summed E-state index contributed by atoms with van der Waals surface area (Å²) >= 11 is 3.33. The molecule has 0 saturated carbocycles. The summed E-state index contributed by atoms with van der Waals surface area (Å²) in [6.07, 6.45) is -0.0479. The number of amides is 4. The monoisotopic (exact) mass is 339 g/mol. The number of rotatable bonds is 4. The molecule has 0 aliphatic carbocycles. The van der Waals surface area contributed by atoms with Crippen molar-refractivity contribution in [2.24, 2.45) is 5.73 Å². The standard InChI is InChI=1S/C13H14BrN3O3/c1-13(8-3-2-4-9(14)7-8)11(19)17(12(20)16-13)6-5-10(15)18/h2-4,7H,5-6H2,1H3,(H2,15,18)(H,16,20). The molecule has 1 aromatic carbocycles. The second-order valence-electron chi connectivity index (χ2n) is 4.74. The van der Waals surface area contributed by atoms with Crippen LogP contribution in [0.15, 0.2) is 28.7 Å². The van der Waals surface area contributed by atoms with Crippen LogP contribution in [-0.2, 0) is 15.1 Å². The average molecular weight is 340 g/mol. The molecule has 1 aromatic rings. The zero-order valence-corrected chi connectivity index (χ0v) is 12.4. The molecule has 0 radical (unpaired) electrons. The van der Waals surface area contributed by atoms with Gasteiger partial charge in [0.1, 0.15) is 5.54 Å². The third-order valence-corrected chi connectivity index (χ3v) is 3.75. The van der Waals surface area contributed by atoms with E-state index in [4.69, 9.17) is 5.73 Å². The van der Waals surface area contributed by atoms with E-state index in [0.29, 0.717) is 5.56 Å². The van der Waals surface area contributed by atoms with E-state index in [2.05, 4.69) is 21.2 Å². The van der Waals surface area contributed by atoms with Crippen molar-refractivity contribution in [1.82, 2.24) is 10.2 Å². The number of nitrogens with one attached hydrogen (secondary N) is 1. The number of hydrogen-bond acceptors (Lipinski definition) is 3. The van der Waals surface area contributed by atoms with Crippen LogP contribution in [0, 0.1) is 0 Å². The molecule has 1 aliphatic rings. The molecule has 20 heavy (non-hydrogen) atoms. The molecule has 1 fully saturated rings. The van der Waals surface area contributed by atoms with Crippen molar-refractivity contribution in [3.05, 3.63) is 34.3 Å². The van der Waals surface area contributed by atoms with E-state index < -0.39 is 17.5 Å². The molecule has 1 unspecified atom stereocenters. The van der Waals surface area contributed by atoms with Crippen LogP contribution in [0.2, 0.25) is 0 Å². The Bertz CT molecular complexity index is 590. The summed E-state index contributed by atoms with van der Waals surface area (Å²) in [5.41, 5.74) is 4.59. The topological polar surface area (TPSA) is 92.5 Å². The highest BCUT2D eigenvalue weighted by molar-refractivity contribution is 9.10. The van der Waals surface area contributed by atoms with Gasteiger partial charge in [-0.2, -0.15) is 0 Å². The Morgan fingerprint density at radius 3 is 2.75 bits per heavy atom. The normalized spacial score (nSPS) is 22.0. The first-order valence-corrected chi connectivity index (χ1v) is 6.82. The van der Waals surface area contributed by atoms with Gasteiger partial charge >= 0.3 is 6.03 Å². The van der Waals surface area contributed by atoms with Gasteiger partial charge in [-0.25, -0.2) is 4.79 Å². The fourth-order valence-corrected chi connectivity index (χ4v) is 2.52. The van der Waals surface area contributed by atoms with Crippen LogP contribution in [-0.4, -0.2) is 29.3 Å². The van der Waals surface area contributed by atoms with Gasteiger partial charge in [-0.3, -0.25) is 14.5 Å². The van der Waals surface area contributed by atoms with Crippen molar-refractivity contribution in [2.75, 3.05) is 6.54 Å². The number of benzene rings is 1. The van der Waals surface area contributed by atoms with E-state index in [1.54, 1.807) is 25.1 Å². The van der Waals surface area contributed by atoms with Gasteiger partial charge in [0.2, 0.25) is 5.91 Å². The zero-order chi connectivity index (χ0) is 14.9. The van der Waals surface area contributed by atoms with Crippen molar-refractivity contribution >= 4 is 33.8 Å². The first kappa shape index (κ1) is 14.5. The Morgan fingerprint density at radius 1 is 1.45 bits per heavy atom. The second kappa shape index (κ2) is 5.24. The number of nitrogens with two attached hydrogens (primary N) is 1. The fraction of sp³-hybridized carbons (Fsp3) is 0.308. The molecule has 1 aliphatic heterocycles. The summed E-state index contributed by atoms with van der Waals surface area (Å²) in [5.74, 6) is -0.941. The molecule has 0 spiro atoms. The van der Waals surface area contributed by atoms with E-state index in [0.717, 1.165) is 9.37 Å². The summed E-state index contributed by atoms with van der Waals surface area (Å²) in [6, 6.07) is 6.64. The van der Waals surface area contributed by atoms with Crippen LogP contribution in [0.3, 0.4) is 0 Å². The van der Waals surface area contributed by atoms with Gasteiger partial charge in [0, 0.05) is 17.4 Å². The van der Waals surface area contributed by atoms with E-state index in [-0.39, 0.29) is 18.9 Å². The van der Waals surface area contributed by atoms with Crippen LogP contribution in [0.4, 0.5) is 4.79 Å². The van der Waals surface area contributed by atoms with E-state index in [1.165, 1.54) is 0 Å². The van der Waals surface area contributed by atoms with Gasteiger partial charge in [-0.15, -0.1) is 0 Å². The molecule has 106 valence electrons. The smallest absolute Gasteiger partial charge is 0.325 e. The minimum atomic E-state index is -1.13. The molecule has 4 amide bonds. The zero-order valence-electron chi connectivity index (χ0n) is 10.9. The quantitative estimate of drug-likeness (QED) is 0.804. The van der Waals surface area contributed by atoms with Crippen molar-refractivity contribution in [1.29, 1.82) is 0 Å². The molecule has 2 rings (SSSR count). The predicted molar refractivity (Wildman–Crippen MR) is 75.6 cm³/mol. The maximum atomic E-state index is 12.4. The van der Waals surface area contributed by atoms with Gasteiger partial charge in [0.15, 0.2) is 0 Å². The maximum absolute atomic E-state index is 12.4. The number of imide groups is 1. The third-order valence-electron chi connectivity index (χ3n) is 3.26. The van der Waals surface area contributed by atoms with Crippen molar-refractivity contribution < 1.29 is 14.4 Å². The lowest BCUT2D eigenvalue weighted by Gasteiger charge is -2.22.